The highest BCUT2D eigenvalue weighted by Gasteiger charge is 2.13. The maximum Gasteiger partial charge on any atom is 0.177 e. The number of pyridine rings is 1. The third kappa shape index (κ3) is 3.43. The standard InChI is InChI=1S/C16H9N9/c1-9(22-13(6-18)10(21)5-17)11-3-2-4-12(23-11)16-24-14(7-19)15(8-20)25-16/h2-4,22H,1,21H2,(H,24,25)/b13-10-. The Bertz CT molecular complexity index is 1010. The van der Waals surface area contributed by atoms with Crippen LogP contribution in [0.15, 0.2) is 36.2 Å². The monoisotopic (exact) mass is 327 g/mol. The Morgan fingerprint density at radius 1 is 1.12 bits per heavy atom. The predicted molar refractivity (Wildman–Crippen MR) is 85.9 cm³/mol. The molecular formula is C16H9N9. The van der Waals surface area contributed by atoms with E-state index in [1.165, 1.54) is 0 Å². The predicted octanol–water partition coefficient (Wildman–Crippen LogP) is 0.993. The molecule has 0 bridgehead atoms. The van der Waals surface area contributed by atoms with Gasteiger partial charge < -0.3 is 16.0 Å². The van der Waals surface area contributed by atoms with Crippen molar-refractivity contribution in [3.63, 3.8) is 0 Å². The van der Waals surface area contributed by atoms with Gasteiger partial charge in [0, 0.05) is 0 Å². The van der Waals surface area contributed by atoms with Crippen LogP contribution in [0.5, 0.6) is 0 Å². The summed E-state index contributed by atoms with van der Waals surface area (Å²) in [6.07, 6.45) is 0. The number of nitrogens with one attached hydrogen (secondary N) is 2. The second kappa shape index (κ2) is 7.11. The Balaban J connectivity index is 2.37. The first-order valence-electron chi connectivity index (χ1n) is 6.68. The number of H-pyrrole nitrogens is 1. The molecule has 0 unspecified atom stereocenters. The molecule has 0 aliphatic rings. The van der Waals surface area contributed by atoms with Crippen molar-refractivity contribution >= 4 is 5.70 Å². The molecule has 0 aliphatic carbocycles. The second-order valence-electron chi connectivity index (χ2n) is 4.56. The SMILES string of the molecule is C=C(N/C(C#N)=C(\N)C#N)c1cccc(-c2nc(C#N)c(C#N)[nH]2)n1. The van der Waals surface area contributed by atoms with Gasteiger partial charge in [-0.05, 0) is 12.1 Å². The van der Waals surface area contributed by atoms with Crippen LogP contribution in [0.4, 0.5) is 0 Å². The van der Waals surface area contributed by atoms with E-state index in [4.69, 9.17) is 26.8 Å². The lowest BCUT2D eigenvalue weighted by molar-refractivity contribution is 1.07. The van der Waals surface area contributed by atoms with E-state index in [1.54, 1.807) is 30.3 Å². The van der Waals surface area contributed by atoms with Crippen LogP contribution in [0, 0.1) is 45.3 Å². The van der Waals surface area contributed by atoms with Crippen molar-refractivity contribution in [2.75, 3.05) is 0 Å². The third-order valence-electron chi connectivity index (χ3n) is 3.00. The number of aromatic nitrogens is 3. The minimum atomic E-state index is -0.275. The van der Waals surface area contributed by atoms with Crippen LogP contribution >= 0.6 is 0 Å². The van der Waals surface area contributed by atoms with Gasteiger partial charge in [-0.3, -0.25) is 0 Å². The van der Waals surface area contributed by atoms with Gasteiger partial charge in [0.2, 0.25) is 0 Å². The van der Waals surface area contributed by atoms with Crippen molar-refractivity contribution < 1.29 is 0 Å². The summed E-state index contributed by atoms with van der Waals surface area (Å²) in [5, 5.41) is 38.3. The number of imidazole rings is 1. The van der Waals surface area contributed by atoms with Crippen LogP contribution < -0.4 is 11.1 Å². The zero-order chi connectivity index (χ0) is 18.4. The Morgan fingerprint density at radius 3 is 2.44 bits per heavy atom. The minimum Gasteiger partial charge on any atom is -0.388 e. The second-order valence-corrected chi connectivity index (χ2v) is 4.56. The van der Waals surface area contributed by atoms with Crippen LogP contribution in [-0.2, 0) is 0 Å². The maximum atomic E-state index is 9.00. The largest absolute Gasteiger partial charge is 0.388 e. The van der Waals surface area contributed by atoms with E-state index in [0.717, 1.165) is 0 Å². The average molecular weight is 327 g/mol. The Kier molecular flexibility index (Phi) is 4.77. The van der Waals surface area contributed by atoms with Crippen LogP contribution in [0.3, 0.4) is 0 Å². The smallest absolute Gasteiger partial charge is 0.177 e. The lowest BCUT2D eigenvalue weighted by atomic mass is 10.2. The highest BCUT2D eigenvalue weighted by Crippen LogP contribution is 2.18. The lowest BCUT2D eigenvalue weighted by Gasteiger charge is -2.09. The van der Waals surface area contributed by atoms with E-state index >= 15 is 0 Å². The van der Waals surface area contributed by atoms with Gasteiger partial charge in [-0.2, -0.15) is 21.0 Å². The molecule has 2 heterocycles. The van der Waals surface area contributed by atoms with E-state index in [2.05, 4.69) is 26.8 Å². The molecule has 0 aromatic carbocycles. The van der Waals surface area contributed by atoms with E-state index < -0.39 is 0 Å². The number of nitrogens with zero attached hydrogens (tertiary/aromatic N) is 6. The fraction of sp³-hybridized carbons (Fsp3) is 0. The van der Waals surface area contributed by atoms with Crippen molar-refractivity contribution in [3.8, 4) is 35.8 Å². The summed E-state index contributed by atoms with van der Waals surface area (Å²) in [5.74, 6) is 0.246. The molecule has 0 saturated heterocycles. The summed E-state index contributed by atoms with van der Waals surface area (Å²) in [4.78, 5) is 11.0. The number of hydrogen-bond donors (Lipinski definition) is 3. The highest BCUT2D eigenvalue weighted by molar-refractivity contribution is 5.65. The van der Waals surface area contributed by atoms with Gasteiger partial charge in [-0.1, -0.05) is 12.6 Å². The third-order valence-corrected chi connectivity index (χ3v) is 3.00. The Hall–Kier alpha value is -4.60. The molecule has 9 nitrogen and oxygen atoms in total. The van der Waals surface area contributed by atoms with Crippen molar-refractivity contribution in [2.45, 2.75) is 0 Å². The van der Waals surface area contributed by atoms with Gasteiger partial charge in [0.25, 0.3) is 0 Å². The first-order chi connectivity index (χ1) is 12.0. The van der Waals surface area contributed by atoms with Crippen LogP contribution in [0.1, 0.15) is 17.1 Å². The highest BCUT2D eigenvalue weighted by atomic mass is 15.0. The molecule has 9 heteroatoms. The first-order valence-corrected chi connectivity index (χ1v) is 6.68. The topological polar surface area (TPSA) is 175 Å². The van der Waals surface area contributed by atoms with E-state index in [-0.39, 0.29) is 34.3 Å². The molecule has 0 radical (unpaired) electrons. The van der Waals surface area contributed by atoms with E-state index in [1.807, 2.05) is 12.1 Å². The quantitative estimate of drug-likeness (QED) is 0.696. The minimum absolute atomic E-state index is 0.0295. The number of hydrogen-bond acceptors (Lipinski definition) is 8. The van der Waals surface area contributed by atoms with Crippen molar-refractivity contribution in [1.29, 1.82) is 21.0 Å². The van der Waals surface area contributed by atoms with Gasteiger partial charge in [0.15, 0.2) is 22.9 Å². The van der Waals surface area contributed by atoms with E-state index in [9.17, 15) is 0 Å². The summed E-state index contributed by atoms with van der Waals surface area (Å²) in [5.41, 5.74) is 5.99. The summed E-state index contributed by atoms with van der Waals surface area (Å²) in [6, 6.07) is 12.0. The van der Waals surface area contributed by atoms with Crippen molar-refractivity contribution in [2.24, 2.45) is 5.73 Å². The Morgan fingerprint density at radius 2 is 1.88 bits per heavy atom. The molecule has 0 fully saturated rings. The molecule has 2 rings (SSSR count). The fourth-order valence-electron chi connectivity index (χ4n) is 1.82. The number of allylic oxidation sites excluding steroid dienone is 2. The van der Waals surface area contributed by atoms with E-state index in [0.29, 0.717) is 11.4 Å². The normalized spacial score (nSPS) is 10.4. The molecule has 0 saturated carbocycles. The molecule has 2 aromatic rings. The van der Waals surface area contributed by atoms with Crippen LogP contribution in [0.25, 0.3) is 17.2 Å². The summed E-state index contributed by atoms with van der Waals surface area (Å²) < 4.78 is 0. The molecule has 25 heavy (non-hydrogen) atoms. The molecular weight excluding hydrogens is 318 g/mol. The summed E-state index contributed by atoms with van der Waals surface area (Å²) >= 11 is 0. The van der Waals surface area contributed by atoms with Crippen LogP contribution in [-0.4, -0.2) is 15.0 Å². The van der Waals surface area contributed by atoms with Crippen molar-refractivity contribution in [3.05, 3.63) is 53.3 Å². The van der Waals surface area contributed by atoms with Gasteiger partial charge in [0.1, 0.15) is 35.7 Å². The maximum absolute atomic E-state index is 9.00. The molecule has 0 amide bonds. The number of aromatic amines is 1. The summed E-state index contributed by atoms with van der Waals surface area (Å²) in [6.45, 7) is 3.76. The van der Waals surface area contributed by atoms with Gasteiger partial charge in [0.05, 0.1) is 11.4 Å². The molecule has 2 aromatic heterocycles. The summed E-state index contributed by atoms with van der Waals surface area (Å²) in [7, 11) is 0. The molecule has 0 atom stereocenters. The zero-order valence-electron chi connectivity index (χ0n) is 12.7. The number of rotatable bonds is 4. The van der Waals surface area contributed by atoms with Gasteiger partial charge in [-0.25, -0.2) is 9.97 Å². The first kappa shape index (κ1) is 16.8. The molecule has 118 valence electrons. The zero-order valence-corrected chi connectivity index (χ0v) is 12.7. The fourth-order valence-corrected chi connectivity index (χ4v) is 1.82. The lowest BCUT2D eigenvalue weighted by Crippen LogP contribution is -2.16. The number of nitrogens with two attached hydrogens (primary N) is 1. The van der Waals surface area contributed by atoms with Crippen LogP contribution in [0.2, 0.25) is 0 Å². The number of nitriles is 4. The van der Waals surface area contributed by atoms with Crippen molar-refractivity contribution in [1.82, 2.24) is 20.3 Å². The molecule has 4 N–H and O–H groups in total. The Labute approximate surface area is 142 Å². The average Bonchev–Trinajstić information content (AvgIpc) is 3.08. The van der Waals surface area contributed by atoms with Gasteiger partial charge >= 0.3 is 0 Å². The van der Waals surface area contributed by atoms with Gasteiger partial charge in [-0.15, -0.1) is 0 Å². The molecule has 0 aliphatic heterocycles. The molecule has 0 spiro atoms.